The molecule has 0 amide bonds. The maximum atomic E-state index is 7.18. The molecule has 0 saturated carbocycles. The molecule has 0 aliphatic carbocycles. The van der Waals surface area contributed by atoms with Crippen LogP contribution in [0.25, 0.3) is 76.9 Å². The molecule has 0 fully saturated rings. The Bertz CT molecular complexity index is 3650. The van der Waals surface area contributed by atoms with E-state index in [0.717, 1.165) is 83.7 Å². The molecule has 0 aliphatic heterocycles. The molecule has 12 rings (SSSR count). The highest BCUT2D eigenvalue weighted by molar-refractivity contribution is 6.16. The lowest BCUT2D eigenvalue weighted by Gasteiger charge is -2.31. The zero-order valence-electron chi connectivity index (χ0n) is 35.6. The van der Waals surface area contributed by atoms with Crippen LogP contribution in [0.4, 0.5) is 34.1 Å². The van der Waals surface area contributed by atoms with Crippen molar-refractivity contribution < 1.29 is 4.42 Å². The summed E-state index contributed by atoms with van der Waals surface area (Å²) in [6, 6.07) is 91.4. The smallest absolute Gasteiger partial charge is 0.159 e. The average Bonchev–Trinajstić information content (AvgIpc) is 3.74. The van der Waals surface area contributed by atoms with E-state index in [0.29, 0.717) is 0 Å². The van der Waals surface area contributed by atoms with Gasteiger partial charge in [0.1, 0.15) is 5.58 Å². The van der Waals surface area contributed by atoms with Gasteiger partial charge >= 0.3 is 0 Å². The van der Waals surface area contributed by atoms with Crippen LogP contribution in [0, 0.1) is 0 Å². The molecule has 65 heavy (non-hydrogen) atoms. The molecule has 1 aromatic heterocycles. The first kappa shape index (κ1) is 38.0. The van der Waals surface area contributed by atoms with Gasteiger partial charge in [0.2, 0.25) is 0 Å². The fourth-order valence-electron chi connectivity index (χ4n) is 9.56. The molecule has 1 heterocycles. The molecule has 0 N–H and O–H groups in total. The second kappa shape index (κ2) is 16.2. The minimum atomic E-state index is 0.811. The van der Waals surface area contributed by atoms with Crippen molar-refractivity contribution >= 4 is 77.6 Å². The summed E-state index contributed by atoms with van der Waals surface area (Å²) in [5.41, 5.74) is 14.7. The number of para-hydroxylation sites is 3. The van der Waals surface area contributed by atoms with Gasteiger partial charge in [0.15, 0.2) is 5.58 Å². The van der Waals surface area contributed by atoms with Crippen LogP contribution in [0.5, 0.6) is 0 Å². The Morgan fingerprint density at radius 3 is 1.52 bits per heavy atom. The molecule has 306 valence electrons. The molecule has 0 unspecified atom stereocenters. The topological polar surface area (TPSA) is 19.6 Å². The second-order valence-corrected chi connectivity index (χ2v) is 16.5. The van der Waals surface area contributed by atoms with Crippen LogP contribution in [0.3, 0.4) is 0 Å². The Morgan fingerprint density at radius 2 is 0.785 bits per heavy atom. The fourth-order valence-corrected chi connectivity index (χ4v) is 9.56. The van der Waals surface area contributed by atoms with Crippen molar-refractivity contribution in [2.24, 2.45) is 0 Å². The van der Waals surface area contributed by atoms with Crippen molar-refractivity contribution in [1.29, 1.82) is 0 Å². The number of fused-ring (bicyclic) bond motifs is 5. The molecule has 0 atom stereocenters. The van der Waals surface area contributed by atoms with Gasteiger partial charge in [0.05, 0.1) is 17.1 Å². The van der Waals surface area contributed by atoms with Gasteiger partial charge in [-0.3, -0.25) is 0 Å². The lowest BCUT2D eigenvalue weighted by molar-refractivity contribution is 0.669. The van der Waals surface area contributed by atoms with E-state index < -0.39 is 0 Å². The van der Waals surface area contributed by atoms with E-state index in [1.807, 2.05) is 0 Å². The Labute approximate surface area is 378 Å². The SMILES string of the molecule is c1ccc(-c2ccc(N(c3cc(N(c4ccccc4)c4ccccc4-c4cccc5ccccc45)c4oc5cc6ccccc6cc5c4c3)c3ccccc3-c3ccccc3)cc2)cc1. The third-order valence-corrected chi connectivity index (χ3v) is 12.6. The average molecular weight is 831 g/mol. The zero-order valence-corrected chi connectivity index (χ0v) is 35.6. The Kier molecular flexibility index (Phi) is 9.50. The molecular weight excluding hydrogens is 789 g/mol. The van der Waals surface area contributed by atoms with E-state index in [2.05, 4.69) is 265 Å². The Morgan fingerprint density at radius 1 is 0.262 bits per heavy atom. The minimum Gasteiger partial charge on any atom is -0.454 e. The first-order valence-electron chi connectivity index (χ1n) is 22.2. The van der Waals surface area contributed by atoms with Crippen LogP contribution in [0.2, 0.25) is 0 Å². The number of benzene rings is 11. The van der Waals surface area contributed by atoms with E-state index in [4.69, 9.17) is 4.42 Å². The Hall–Kier alpha value is -8.66. The molecule has 3 heteroatoms. The van der Waals surface area contributed by atoms with Crippen molar-refractivity contribution in [1.82, 2.24) is 0 Å². The van der Waals surface area contributed by atoms with Crippen molar-refractivity contribution in [3.63, 3.8) is 0 Å². The standard InChI is InChI=1S/C62H42N2O/c1-4-19-43(20-5-1)44-35-37-50(38-36-44)63(58-33-16-14-30-53(58)46-21-6-2-7-22-46)51-41-57-56-39-47-24-10-11-25-48(47)40-61(56)65-62(57)60(42-51)64(49-27-8-3-9-28-49)59-34-17-15-31-55(59)54-32-18-26-45-23-12-13-29-52(45)54/h1-42H. The summed E-state index contributed by atoms with van der Waals surface area (Å²) in [4.78, 5) is 4.81. The van der Waals surface area contributed by atoms with Gasteiger partial charge in [0, 0.05) is 39.0 Å². The number of anilines is 6. The summed E-state index contributed by atoms with van der Waals surface area (Å²) in [6.45, 7) is 0. The Balaban J connectivity index is 1.18. The van der Waals surface area contributed by atoms with E-state index in [9.17, 15) is 0 Å². The summed E-state index contributed by atoms with van der Waals surface area (Å²) in [5.74, 6) is 0. The van der Waals surface area contributed by atoms with E-state index in [1.54, 1.807) is 0 Å². The maximum Gasteiger partial charge on any atom is 0.159 e. The quantitative estimate of drug-likeness (QED) is 0.144. The zero-order chi connectivity index (χ0) is 43.1. The van der Waals surface area contributed by atoms with E-state index in [-0.39, 0.29) is 0 Å². The van der Waals surface area contributed by atoms with Crippen molar-refractivity contribution in [3.8, 4) is 33.4 Å². The number of hydrogen-bond donors (Lipinski definition) is 0. The minimum absolute atomic E-state index is 0.811. The predicted molar refractivity (Wildman–Crippen MR) is 274 cm³/mol. The highest BCUT2D eigenvalue weighted by atomic mass is 16.3. The first-order chi connectivity index (χ1) is 32.2. The number of furan rings is 1. The maximum absolute atomic E-state index is 7.18. The van der Waals surface area contributed by atoms with Crippen molar-refractivity contribution in [3.05, 3.63) is 255 Å². The molecule has 0 aliphatic rings. The normalized spacial score (nSPS) is 11.4. The van der Waals surface area contributed by atoms with Gasteiger partial charge in [0.25, 0.3) is 0 Å². The van der Waals surface area contributed by atoms with Crippen LogP contribution in [-0.4, -0.2) is 0 Å². The second-order valence-electron chi connectivity index (χ2n) is 16.5. The highest BCUT2D eigenvalue weighted by Gasteiger charge is 2.27. The molecule has 3 nitrogen and oxygen atoms in total. The van der Waals surface area contributed by atoms with E-state index in [1.165, 1.54) is 27.3 Å². The molecular formula is C62H42N2O. The summed E-state index contributed by atoms with van der Waals surface area (Å²) < 4.78 is 7.18. The molecule has 0 radical (unpaired) electrons. The van der Waals surface area contributed by atoms with Crippen LogP contribution < -0.4 is 9.80 Å². The summed E-state index contributed by atoms with van der Waals surface area (Å²) in [7, 11) is 0. The summed E-state index contributed by atoms with van der Waals surface area (Å²) in [6.07, 6.45) is 0. The molecule has 12 aromatic rings. The van der Waals surface area contributed by atoms with Gasteiger partial charge in [-0.2, -0.15) is 0 Å². The molecule has 0 saturated heterocycles. The van der Waals surface area contributed by atoms with E-state index >= 15 is 0 Å². The number of nitrogens with zero attached hydrogens (tertiary/aromatic N) is 2. The van der Waals surface area contributed by atoms with Crippen LogP contribution >= 0.6 is 0 Å². The van der Waals surface area contributed by atoms with Crippen molar-refractivity contribution in [2.75, 3.05) is 9.80 Å². The van der Waals surface area contributed by atoms with Crippen LogP contribution in [0.1, 0.15) is 0 Å². The van der Waals surface area contributed by atoms with Gasteiger partial charge in [-0.15, -0.1) is 0 Å². The highest BCUT2D eigenvalue weighted by Crippen LogP contribution is 2.50. The van der Waals surface area contributed by atoms with Gasteiger partial charge < -0.3 is 14.2 Å². The lowest BCUT2D eigenvalue weighted by atomic mass is 9.96. The van der Waals surface area contributed by atoms with Gasteiger partial charge in [-0.1, -0.05) is 194 Å². The van der Waals surface area contributed by atoms with Gasteiger partial charge in [-0.05, 0) is 104 Å². The largest absolute Gasteiger partial charge is 0.454 e. The fraction of sp³-hybridized carbons (Fsp3) is 0. The molecule has 0 bridgehead atoms. The molecule has 0 spiro atoms. The van der Waals surface area contributed by atoms with Crippen molar-refractivity contribution in [2.45, 2.75) is 0 Å². The van der Waals surface area contributed by atoms with Crippen LogP contribution in [-0.2, 0) is 0 Å². The first-order valence-corrected chi connectivity index (χ1v) is 22.2. The predicted octanol–water partition coefficient (Wildman–Crippen LogP) is 17.8. The monoisotopic (exact) mass is 830 g/mol. The third-order valence-electron chi connectivity index (χ3n) is 12.6. The van der Waals surface area contributed by atoms with Gasteiger partial charge in [-0.25, -0.2) is 0 Å². The summed E-state index contributed by atoms with van der Waals surface area (Å²) >= 11 is 0. The third kappa shape index (κ3) is 6.87. The van der Waals surface area contributed by atoms with Crippen LogP contribution in [0.15, 0.2) is 259 Å². The lowest BCUT2D eigenvalue weighted by Crippen LogP contribution is -2.14. The molecule has 11 aromatic carbocycles. The number of rotatable bonds is 9. The summed E-state index contributed by atoms with van der Waals surface area (Å²) in [5, 5.41) is 6.80. The number of hydrogen-bond acceptors (Lipinski definition) is 3.